The van der Waals surface area contributed by atoms with Crippen LogP contribution in [-0.2, 0) is 19.4 Å². The van der Waals surface area contributed by atoms with Gasteiger partial charge in [-0.2, -0.15) is 0 Å². The molecule has 0 radical (unpaired) electrons. The molecule has 1 N–H and O–H groups in total. The lowest BCUT2D eigenvalue weighted by molar-refractivity contribution is 0.0671. The number of aliphatic hydroxyl groups is 1. The van der Waals surface area contributed by atoms with E-state index >= 15 is 0 Å². The topological polar surface area (TPSA) is 40.5 Å². The van der Waals surface area contributed by atoms with Gasteiger partial charge in [0.1, 0.15) is 0 Å². The van der Waals surface area contributed by atoms with Gasteiger partial charge in [0, 0.05) is 18.7 Å². The number of carbonyl (C=O) groups is 1. The number of fused-ring (bicyclic) bond motifs is 1. The number of rotatable bonds is 8. The molecule has 3 nitrogen and oxygen atoms in total. The van der Waals surface area contributed by atoms with E-state index in [-0.39, 0.29) is 18.6 Å². The summed E-state index contributed by atoms with van der Waals surface area (Å²) in [4.78, 5) is 14.8. The van der Waals surface area contributed by atoms with Crippen molar-refractivity contribution in [2.24, 2.45) is 0 Å². The fourth-order valence-corrected chi connectivity index (χ4v) is 4.02. The van der Waals surface area contributed by atoms with Gasteiger partial charge in [-0.25, -0.2) is 0 Å². The first-order valence-corrected chi connectivity index (χ1v) is 9.81. The normalized spacial score (nSPS) is 14.6. The fraction of sp³-hybridized carbons (Fsp3) is 0.435. The van der Waals surface area contributed by atoms with E-state index in [4.69, 9.17) is 0 Å². The maximum absolute atomic E-state index is 12.9. The van der Waals surface area contributed by atoms with Gasteiger partial charge in [-0.05, 0) is 47.6 Å². The first-order chi connectivity index (χ1) is 12.7. The summed E-state index contributed by atoms with van der Waals surface area (Å²) in [7, 11) is 0. The Kier molecular flexibility index (Phi) is 6.10. The lowest BCUT2D eigenvalue weighted by atomic mass is 9.93. The van der Waals surface area contributed by atoms with Gasteiger partial charge in [0.25, 0.3) is 5.91 Å². The smallest absolute Gasteiger partial charge is 0.255 e. The molecule has 3 heteroatoms. The summed E-state index contributed by atoms with van der Waals surface area (Å²) in [5.41, 5.74) is 5.82. The molecule has 1 atom stereocenters. The van der Waals surface area contributed by atoms with Crippen LogP contribution in [0.4, 0.5) is 0 Å². The molecule has 1 heterocycles. The van der Waals surface area contributed by atoms with Crippen LogP contribution in [0.5, 0.6) is 0 Å². The lowest BCUT2D eigenvalue weighted by Crippen LogP contribution is -2.30. The molecule has 138 valence electrons. The second-order valence-corrected chi connectivity index (χ2v) is 7.15. The summed E-state index contributed by atoms with van der Waals surface area (Å²) in [5.74, 6) is 0.0775. The van der Waals surface area contributed by atoms with Crippen LogP contribution in [0, 0.1) is 0 Å². The molecule has 2 aromatic rings. The van der Waals surface area contributed by atoms with E-state index in [2.05, 4.69) is 32.0 Å². The Morgan fingerprint density at radius 3 is 2.46 bits per heavy atom. The average Bonchev–Trinajstić information content (AvgIpc) is 2.98. The monoisotopic (exact) mass is 351 g/mol. The van der Waals surface area contributed by atoms with E-state index in [0.717, 1.165) is 42.4 Å². The maximum Gasteiger partial charge on any atom is 0.255 e. The molecule has 1 amide bonds. The summed E-state index contributed by atoms with van der Waals surface area (Å²) in [5, 5.41) is 9.64. The van der Waals surface area contributed by atoms with Crippen molar-refractivity contribution in [1.29, 1.82) is 0 Å². The SMILES string of the molecule is CCCc1ccc(C(CCO)N2Cc3ccccc3C2=O)cc1CCC. The van der Waals surface area contributed by atoms with Gasteiger partial charge in [0.05, 0.1) is 6.04 Å². The standard InChI is InChI=1S/C23H29NO2/c1-3-7-17-11-12-19(15-18(17)8-4-2)22(13-14-25)24-16-20-9-5-6-10-21(20)23(24)26/h5-6,9-12,15,22,25H,3-4,7-8,13-14,16H2,1-2H3. The molecule has 1 unspecified atom stereocenters. The molecular weight excluding hydrogens is 322 g/mol. The van der Waals surface area contributed by atoms with Crippen molar-refractivity contribution in [2.75, 3.05) is 6.61 Å². The highest BCUT2D eigenvalue weighted by Gasteiger charge is 2.33. The number of aryl methyl sites for hydroxylation is 2. The minimum atomic E-state index is -0.0776. The Morgan fingerprint density at radius 2 is 1.77 bits per heavy atom. The van der Waals surface area contributed by atoms with Crippen LogP contribution in [0.2, 0.25) is 0 Å². The Labute approximate surface area is 156 Å². The molecule has 2 aromatic carbocycles. The van der Waals surface area contributed by atoms with Crippen LogP contribution in [0.1, 0.15) is 71.8 Å². The van der Waals surface area contributed by atoms with Crippen molar-refractivity contribution in [2.45, 2.75) is 58.5 Å². The van der Waals surface area contributed by atoms with E-state index in [0.29, 0.717) is 13.0 Å². The van der Waals surface area contributed by atoms with Crippen molar-refractivity contribution in [3.63, 3.8) is 0 Å². The van der Waals surface area contributed by atoms with Gasteiger partial charge in [-0.15, -0.1) is 0 Å². The molecule has 26 heavy (non-hydrogen) atoms. The van der Waals surface area contributed by atoms with Gasteiger partial charge in [-0.1, -0.05) is 63.1 Å². The Bertz CT molecular complexity index is 769. The van der Waals surface area contributed by atoms with Crippen LogP contribution < -0.4 is 0 Å². The third-order valence-corrected chi connectivity index (χ3v) is 5.28. The minimum absolute atomic E-state index is 0.0740. The molecule has 0 spiro atoms. The van der Waals surface area contributed by atoms with Gasteiger partial charge in [0.15, 0.2) is 0 Å². The summed E-state index contributed by atoms with van der Waals surface area (Å²) in [6.07, 6.45) is 4.96. The summed E-state index contributed by atoms with van der Waals surface area (Å²) in [6, 6.07) is 14.4. The second kappa shape index (κ2) is 8.50. The average molecular weight is 351 g/mol. The van der Waals surface area contributed by atoms with Gasteiger partial charge in [-0.3, -0.25) is 4.79 Å². The fourth-order valence-electron chi connectivity index (χ4n) is 4.02. The van der Waals surface area contributed by atoms with Crippen molar-refractivity contribution in [3.8, 4) is 0 Å². The van der Waals surface area contributed by atoms with Crippen LogP contribution in [0.3, 0.4) is 0 Å². The summed E-state index contributed by atoms with van der Waals surface area (Å²) < 4.78 is 0. The molecule has 0 saturated carbocycles. The molecule has 1 aliphatic rings. The largest absolute Gasteiger partial charge is 0.396 e. The highest BCUT2D eigenvalue weighted by molar-refractivity contribution is 5.98. The number of carbonyl (C=O) groups excluding carboxylic acids is 1. The first-order valence-electron chi connectivity index (χ1n) is 9.81. The summed E-state index contributed by atoms with van der Waals surface area (Å²) in [6.45, 7) is 5.11. The molecular formula is C23H29NO2. The van der Waals surface area contributed by atoms with Gasteiger partial charge >= 0.3 is 0 Å². The predicted octanol–water partition coefficient (Wildman–Crippen LogP) is 4.67. The van der Waals surface area contributed by atoms with Crippen LogP contribution in [0.15, 0.2) is 42.5 Å². The van der Waals surface area contributed by atoms with Gasteiger partial charge < -0.3 is 10.0 Å². The Morgan fingerprint density at radius 1 is 1.04 bits per heavy atom. The number of benzene rings is 2. The van der Waals surface area contributed by atoms with Gasteiger partial charge in [0.2, 0.25) is 0 Å². The van der Waals surface area contributed by atoms with E-state index in [1.807, 2.05) is 29.2 Å². The molecule has 0 aromatic heterocycles. The zero-order chi connectivity index (χ0) is 18.5. The van der Waals surface area contributed by atoms with Crippen LogP contribution in [-0.4, -0.2) is 22.5 Å². The maximum atomic E-state index is 12.9. The minimum Gasteiger partial charge on any atom is -0.396 e. The quantitative estimate of drug-likeness (QED) is 0.751. The van der Waals surface area contributed by atoms with Crippen molar-refractivity contribution >= 4 is 5.91 Å². The van der Waals surface area contributed by atoms with E-state index in [9.17, 15) is 9.90 Å². The highest BCUT2D eigenvalue weighted by atomic mass is 16.3. The predicted molar refractivity (Wildman–Crippen MR) is 105 cm³/mol. The second-order valence-electron chi connectivity index (χ2n) is 7.15. The van der Waals surface area contributed by atoms with E-state index in [1.54, 1.807) is 0 Å². The number of nitrogens with zero attached hydrogens (tertiary/aromatic N) is 1. The molecule has 0 bridgehead atoms. The Balaban J connectivity index is 1.93. The molecule has 3 rings (SSSR count). The highest BCUT2D eigenvalue weighted by Crippen LogP contribution is 2.34. The van der Waals surface area contributed by atoms with Crippen molar-refractivity contribution in [1.82, 2.24) is 4.90 Å². The van der Waals surface area contributed by atoms with E-state index in [1.165, 1.54) is 11.1 Å². The lowest BCUT2D eigenvalue weighted by Gasteiger charge is -2.28. The van der Waals surface area contributed by atoms with Crippen molar-refractivity contribution in [3.05, 3.63) is 70.3 Å². The number of aliphatic hydroxyl groups excluding tert-OH is 1. The third kappa shape index (κ3) is 3.68. The van der Waals surface area contributed by atoms with Crippen molar-refractivity contribution < 1.29 is 9.90 Å². The van der Waals surface area contributed by atoms with Crippen LogP contribution >= 0.6 is 0 Å². The molecule has 0 saturated heterocycles. The molecule has 0 fully saturated rings. The molecule has 1 aliphatic heterocycles. The number of hydrogen-bond acceptors (Lipinski definition) is 2. The number of amides is 1. The summed E-state index contributed by atoms with van der Waals surface area (Å²) >= 11 is 0. The van der Waals surface area contributed by atoms with Crippen LogP contribution in [0.25, 0.3) is 0 Å². The zero-order valence-corrected chi connectivity index (χ0v) is 15.9. The Hall–Kier alpha value is -2.13. The zero-order valence-electron chi connectivity index (χ0n) is 15.9. The first kappa shape index (κ1) is 18.7. The molecule has 0 aliphatic carbocycles. The third-order valence-electron chi connectivity index (χ3n) is 5.28. The van der Waals surface area contributed by atoms with E-state index < -0.39 is 0 Å². The number of hydrogen-bond donors (Lipinski definition) is 1.